The van der Waals surface area contributed by atoms with Gasteiger partial charge in [0.05, 0.1) is 0 Å². The highest BCUT2D eigenvalue weighted by molar-refractivity contribution is 5.67. The summed E-state index contributed by atoms with van der Waals surface area (Å²) in [7, 11) is 0. The van der Waals surface area contributed by atoms with Gasteiger partial charge in [0, 0.05) is 18.7 Å². The molecule has 2 rings (SSSR count). The number of hydrogen-bond acceptors (Lipinski definition) is 4. The molecule has 13 heavy (non-hydrogen) atoms. The van der Waals surface area contributed by atoms with Crippen LogP contribution in [0.25, 0.3) is 11.2 Å². The highest BCUT2D eigenvalue weighted by Gasteiger charge is 2.07. The minimum absolute atomic E-state index is 0.0630. The summed E-state index contributed by atoms with van der Waals surface area (Å²) < 4.78 is 5.38. The predicted molar refractivity (Wildman–Crippen MR) is 49.2 cm³/mol. The molecule has 0 spiro atoms. The zero-order valence-corrected chi connectivity index (χ0v) is 7.40. The molecule has 0 bridgehead atoms. The van der Waals surface area contributed by atoms with Crippen LogP contribution in [-0.4, -0.2) is 16.0 Å². The second-order valence-corrected chi connectivity index (χ2v) is 3.12. The molecule has 68 valence electrons. The van der Waals surface area contributed by atoms with Crippen molar-refractivity contribution in [2.45, 2.75) is 19.4 Å². The summed E-state index contributed by atoms with van der Waals surface area (Å²) in [4.78, 5) is 8.28. The third-order valence-corrected chi connectivity index (χ3v) is 1.71. The zero-order chi connectivity index (χ0) is 9.26. The minimum atomic E-state index is 0.0630. The molecule has 4 nitrogen and oxygen atoms in total. The maximum absolute atomic E-state index is 5.63. The van der Waals surface area contributed by atoms with Crippen LogP contribution in [0, 0.1) is 0 Å². The molecule has 1 unspecified atom stereocenters. The molecule has 2 aromatic heterocycles. The summed E-state index contributed by atoms with van der Waals surface area (Å²) in [6.07, 6.45) is 2.33. The fourth-order valence-corrected chi connectivity index (χ4v) is 1.18. The Labute approximate surface area is 75.8 Å². The highest BCUT2D eigenvalue weighted by Crippen LogP contribution is 2.12. The van der Waals surface area contributed by atoms with Gasteiger partial charge in [-0.25, -0.2) is 9.97 Å². The third-order valence-electron chi connectivity index (χ3n) is 1.71. The molecule has 0 amide bonds. The van der Waals surface area contributed by atoms with Crippen LogP contribution in [-0.2, 0) is 6.42 Å². The fourth-order valence-electron chi connectivity index (χ4n) is 1.18. The van der Waals surface area contributed by atoms with Crippen LogP contribution in [0.4, 0.5) is 0 Å². The first-order valence-electron chi connectivity index (χ1n) is 4.22. The van der Waals surface area contributed by atoms with Gasteiger partial charge in [0.25, 0.3) is 0 Å². The molecule has 4 heteroatoms. The van der Waals surface area contributed by atoms with E-state index in [0.29, 0.717) is 18.0 Å². The number of nitrogens with zero attached hydrogens (tertiary/aromatic N) is 2. The van der Waals surface area contributed by atoms with Gasteiger partial charge in [0.15, 0.2) is 5.89 Å². The number of hydrogen-bond donors (Lipinski definition) is 1. The maximum Gasteiger partial charge on any atom is 0.246 e. The Bertz CT molecular complexity index is 375. The van der Waals surface area contributed by atoms with E-state index >= 15 is 0 Å². The Morgan fingerprint density at radius 2 is 2.46 bits per heavy atom. The van der Waals surface area contributed by atoms with Crippen LogP contribution >= 0.6 is 0 Å². The van der Waals surface area contributed by atoms with E-state index in [4.69, 9.17) is 10.2 Å². The SMILES string of the molecule is CC(N)Cc1nc2cccnc2o1. The average Bonchev–Trinajstić information content (AvgIpc) is 2.44. The topological polar surface area (TPSA) is 64.9 Å². The molecule has 0 radical (unpaired) electrons. The van der Waals surface area contributed by atoms with Gasteiger partial charge in [-0.1, -0.05) is 0 Å². The van der Waals surface area contributed by atoms with Gasteiger partial charge < -0.3 is 10.2 Å². The summed E-state index contributed by atoms with van der Waals surface area (Å²) in [5.41, 5.74) is 7.00. The van der Waals surface area contributed by atoms with Crippen molar-refractivity contribution in [3.8, 4) is 0 Å². The molecule has 0 aliphatic heterocycles. The van der Waals surface area contributed by atoms with Gasteiger partial charge >= 0.3 is 0 Å². The zero-order valence-electron chi connectivity index (χ0n) is 7.40. The van der Waals surface area contributed by atoms with Crippen LogP contribution in [0.3, 0.4) is 0 Å². The molecular formula is C9H11N3O. The number of fused-ring (bicyclic) bond motifs is 1. The number of nitrogens with two attached hydrogens (primary N) is 1. The molecular weight excluding hydrogens is 166 g/mol. The molecule has 0 aliphatic rings. The van der Waals surface area contributed by atoms with Crippen molar-refractivity contribution >= 4 is 11.2 Å². The van der Waals surface area contributed by atoms with E-state index in [1.54, 1.807) is 6.20 Å². The van der Waals surface area contributed by atoms with E-state index in [-0.39, 0.29) is 6.04 Å². The first-order chi connectivity index (χ1) is 6.25. The Morgan fingerprint density at radius 3 is 3.15 bits per heavy atom. The van der Waals surface area contributed by atoms with Gasteiger partial charge in [-0.15, -0.1) is 0 Å². The molecule has 0 aromatic carbocycles. The fraction of sp³-hybridized carbons (Fsp3) is 0.333. The number of oxazole rings is 1. The number of pyridine rings is 1. The summed E-state index contributed by atoms with van der Waals surface area (Å²) in [6, 6.07) is 3.77. The molecule has 0 aliphatic carbocycles. The summed E-state index contributed by atoms with van der Waals surface area (Å²) in [5, 5.41) is 0. The molecule has 0 saturated heterocycles. The summed E-state index contributed by atoms with van der Waals surface area (Å²) in [6.45, 7) is 1.92. The average molecular weight is 177 g/mol. The second kappa shape index (κ2) is 3.14. The third kappa shape index (κ3) is 1.67. The summed E-state index contributed by atoms with van der Waals surface area (Å²) >= 11 is 0. The van der Waals surface area contributed by atoms with Gasteiger partial charge in [0.1, 0.15) is 5.52 Å². The molecule has 1 atom stereocenters. The van der Waals surface area contributed by atoms with E-state index in [2.05, 4.69) is 9.97 Å². The number of rotatable bonds is 2. The molecule has 2 heterocycles. The lowest BCUT2D eigenvalue weighted by atomic mass is 10.2. The maximum atomic E-state index is 5.63. The first-order valence-corrected chi connectivity index (χ1v) is 4.22. The summed E-state index contributed by atoms with van der Waals surface area (Å²) in [5.74, 6) is 0.656. The second-order valence-electron chi connectivity index (χ2n) is 3.12. The van der Waals surface area contributed by atoms with Crippen LogP contribution in [0.5, 0.6) is 0 Å². The molecule has 0 fully saturated rings. The smallest absolute Gasteiger partial charge is 0.246 e. The lowest BCUT2D eigenvalue weighted by Gasteiger charge is -1.97. The van der Waals surface area contributed by atoms with E-state index in [0.717, 1.165) is 5.52 Å². The lowest BCUT2D eigenvalue weighted by molar-refractivity contribution is 0.500. The van der Waals surface area contributed by atoms with E-state index in [1.807, 2.05) is 19.1 Å². The van der Waals surface area contributed by atoms with Crippen molar-refractivity contribution in [2.24, 2.45) is 5.73 Å². The molecule has 2 N–H and O–H groups in total. The van der Waals surface area contributed by atoms with Crippen molar-refractivity contribution in [1.82, 2.24) is 9.97 Å². The quantitative estimate of drug-likeness (QED) is 0.746. The molecule has 0 saturated carbocycles. The van der Waals surface area contributed by atoms with Crippen molar-refractivity contribution < 1.29 is 4.42 Å². The Hall–Kier alpha value is -1.42. The van der Waals surface area contributed by atoms with Gasteiger partial charge in [0.2, 0.25) is 5.71 Å². The lowest BCUT2D eigenvalue weighted by Crippen LogP contribution is -2.17. The van der Waals surface area contributed by atoms with E-state index < -0.39 is 0 Å². The van der Waals surface area contributed by atoms with Gasteiger partial charge in [-0.3, -0.25) is 0 Å². The largest absolute Gasteiger partial charge is 0.422 e. The van der Waals surface area contributed by atoms with Gasteiger partial charge in [-0.2, -0.15) is 0 Å². The normalized spacial score (nSPS) is 13.4. The standard InChI is InChI=1S/C9H11N3O/c1-6(10)5-8-12-7-3-2-4-11-9(7)13-8/h2-4,6H,5,10H2,1H3. The minimum Gasteiger partial charge on any atom is -0.422 e. The van der Waals surface area contributed by atoms with Crippen molar-refractivity contribution in [1.29, 1.82) is 0 Å². The number of aromatic nitrogens is 2. The van der Waals surface area contributed by atoms with Crippen LogP contribution < -0.4 is 5.73 Å². The molecule has 2 aromatic rings. The first kappa shape index (κ1) is 8.19. The monoisotopic (exact) mass is 177 g/mol. The van der Waals surface area contributed by atoms with Crippen LogP contribution in [0.1, 0.15) is 12.8 Å². The Kier molecular flexibility index (Phi) is 1.98. The van der Waals surface area contributed by atoms with E-state index in [9.17, 15) is 0 Å². The Balaban J connectivity index is 2.38. The van der Waals surface area contributed by atoms with Crippen molar-refractivity contribution in [3.05, 3.63) is 24.2 Å². The predicted octanol–water partition coefficient (Wildman–Crippen LogP) is 1.11. The van der Waals surface area contributed by atoms with E-state index in [1.165, 1.54) is 0 Å². The van der Waals surface area contributed by atoms with Crippen LogP contribution in [0.2, 0.25) is 0 Å². The van der Waals surface area contributed by atoms with Crippen molar-refractivity contribution in [2.75, 3.05) is 0 Å². The van der Waals surface area contributed by atoms with Crippen molar-refractivity contribution in [3.63, 3.8) is 0 Å². The Morgan fingerprint density at radius 1 is 1.62 bits per heavy atom. The highest BCUT2D eigenvalue weighted by atomic mass is 16.4. The van der Waals surface area contributed by atoms with Gasteiger partial charge in [-0.05, 0) is 19.1 Å². The van der Waals surface area contributed by atoms with Crippen LogP contribution in [0.15, 0.2) is 22.7 Å².